The number of alkyl halides is 3. The first-order valence-electron chi connectivity index (χ1n) is 8.62. The Kier molecular flexibility index (Phi) is 5.52. The van der Waals surface area contributed by atoms with Crippen LogP contribution in [0.3, 0.4) is 0 Å². The molecule has 4 rings (SSSR count). The van der Waals surface area contributed by atoms with Gasteiger partial charge in [0.2, 0.25) is 3.79 Å². The van der Waals surface area contributed by atoms with Gasteiger partial charge in [-0.2, -0.15) is 0 Å². The van der Waals surface area contributed by atoms with E-state index in [9.17, 15) is 4.79 Å². The Bertz CT molecular complexity index is 996. The molecule has 0 saturated heterocycles. The third-order valence-electron chi connectivity index (χ3n) is 4.48. The average Bonchev–Trinajstić information content (AvgIpc) is 3.24. The van der Waals surface area contributed by atoms with E-state index in [1.54, 1.807) is 11.9 Å². The molecule has 0 radical (unpaired) electrons. The molecule has 29 heavy (non-hydrogen) atoms. The summed E-state index contributed by atoms with van der Waals surface area (Å²) in [6.07, 6.45) is -1.47. The smallest absolute Gasteiger partial charge is 0.422 e. The highest BCUT2D eigenvalue weighted by molar-refractivity contribution is 8.16. The molecule has 0 saturated carbocycles. The Morgan fingerprint density at radius 2 is 1.66 bits per heavy atom. The number of methoxy groups -OCH3 is 1. The van der Waals surface area contributed by atoms with Crippen molar-refractivity contribution in [1.29, 1.82) is 0 Å². The number of carbonyl (C=O) groups excluding carboxylic acids is 1. The third-order valence-corrected chi connectivity index (χ3v) is 7.22. The van der Waals surface area contributed by atoms with E-state index in [4.69, 9.17) is 44.5 Å². The van der Waals surface area contributed by atoms with Gasteiger partial charge in [-0.25, -0.2) is 19.0 Å². The van der Waals surface area contributed by atoms with Crippen molar-refractivity contribution in [2.24, 2.45) is 4.99 Å². The van der Waals surface area contributed by atoms with E-state index in [2.05, 4.69) is 0 Å². The number of benzene rings is 2. The van der Waals surface area contributed by atoms with Crippen LogP contribution in [-0.2, 0) is 4.74 Å². The van der Waals surface area contributed by atoms with Crippen LogP contribution in [0.25, 0.3) is 0 Å². The van der Waals surface area contributed by atoms with Crippen LogP contribution >= 0.6 is 45.7 Å². The van der Waals surface area contributed by atoms with Gasteiger partial charge in [0.05, 0.1) is 23.7 Å². The molecule has 0 N–H and O–H groups in total. The zero-order valence-corrected chi connectivity index (χ0v) is 18.6. The Morgan fingerprint density at radius 1 is 1.07 bits per heavy atom. The maximum Gasteiger partial charge on any atom is 0.422 e. The van der Waals surface area contributed by atoms with Crippen LogP contribution in [0.4, 0.5) is 10.5 Å². The molecule has 2 atom stereocenters. The second-order valence-electron chi connectivity index (χ2n) is 6.30. The Morgan fingerprint density at radius 3 is 2.21 bits per heavy atom. The maximum absolute atomic E-state index is 12.8. The molecule has 0 aromatic heterocycles. The topological polar surface area (TPSA) is 48.4 Å². The van der Waals surface area contributed by atoms with E-state index in [1.807, 2.05) is 65.0 Å². The summed E-state index contributed by atoms with van der Waals surface area (Å²) in [5.41, 5.74) is 1.77. The number of carbonyl (C=O) groups is 1. The number of halogens is 3. The van der Waals surface area contributed by atoms with Crippen molar-refractivity contribution in [2.45, 2.75) is 9.96 Å². The summed E-state index contributed by atoms with van der Waals surface area (Å²) in [6, 6.07) is 19.4. The Hall–Kier alpha value is -1.77. The van der Waals surface area contributed by atoms with Crippen molar-refractivity contribution in [3.8, 4) is 0 Å². The zero-order chi connectivity index (χ0) is 20.8. The summed E-state index contributed by atoms with van der Waals surface area (Å²) in [4.78, 5) is 19.4. The lowest BCUT2D eigenvalue weighted by Gasteiger charge is -2.36. The summed E-state index contributed by atoms with van der Waals surface area (Å²) in [5, 5.41) is 0.620. The minimum atomic E-state index is -1.77. The molecule has 0 fully saturated rings. The van der Waals surface area contributed by atoms with Crippen molar-refractivity contribution < 1.29 is 9.53 Å². The molecule has 0 aliphatic carbocycles. The molecule has 0 bridgehead atoms. The van der Waals surface area contributed by atoms with Gasteiger partial charge in [-0.15, -0.1) is 0 Å². The highest BCUT2D eigenvalue weighted by Crippen LogP contribution is 2.50. The zero-order valence-electron chi connectivity index (χ0n) is 15.5. The number of aliphatic imine (C=N–C) groups is 1. The minimum Gasteiger partial charge on any atom is -0.452 e. The largest absolute Gasteiger partial charge is 0.452 e. The lowest BCUT2D eigenvalue weighted by molar-refractivity contribution is 0.125. The van der Waals surface area contributed by atoms with E-state index in [1.165, 1.54) is 11.4 Å². The van der Waals surface area contributed by atoms with Gasteiger partial charge in [0.1, 0.15) is 0 Å². The molecule has 0 spiro atoms. The van der Waals surface area contributed by atoms with Gasteiger partial charge in [-0.1, -0.05) is 83.3 Å². The van der Waals surface area contributed by atoms with Gasteiger partial charge in [0.15, 0.2) is 17.1 Å². The number of nitrogens with zero attached hydrogens (tertiary/aromatic N) is 4. The van der Waals surface area contributed by atoms with E-state index < -0.39 is 26.9 Å². The van der Waals surface area contributed by atoms with Crippen LogP contribution in [-0.4, -0.2) is 50.4 Å². The van der Waals surface area contributed by atoms with Gasteiger partial charge in [0, 0.05) is 5.56 Å². The monoisotopic (exact) mass is 470 g/mol. The SMILES string of the molecule is COC(=O)N1[C@@H](C(Cl)(Cl)Cl)N(C)C2=S1N(c1ccccc1)C(c1ccccc1)=N2. The minimum absolute atomic E-state index is 0.600. The molecule has 2 heterocycles. The van der Waals surface area contributed by atoms with Crippen molar-refractivity contribution in [1.82, 2.24) is 9.21 Å². The first kappa shape index (κ1) is 20.5. The maximum atomic E-state index is 12.8. The molecule has 152 valence electrons. The number of hydrogen-bond donors (Lipinski definition) is 0. The number of rotatable bonds is 2. The van der Waals surface area contributed by atoms with Crippen LogP contribution in [0.5, 0.6) is 0 Å². The molecular formula is C19H17Cl3N4O2S. The van der Waals surface area contributed by atoms with E-state index >= 15 is 0 Å². The molecule has 2 aromatic carbocycles. The molecule has 1 unspecified atom stereocenters. The second-order valence-corrected chi connectivity index (χ2v) is 10.3. The summed E-state index contributed by atoms with van der Waals surface area (Å²) < 4.78 is 6.70. The van der Waals surface area contributed by atoms with Crippen molar-refractivity contribution in [3.63, 3.8) is 0 Å². The standard InChI is InChI=1S/C19H17Cl3N4O2S/c1-24-16(19(20,21)22)26(18(27)28-2)29-17(24)23-15(13-9-5-3-6-10-13)25(29)14-11-7-4-8-12-14/h3-12,16H,1-2H3/t16-,29?/m0/s1. The number of amidine groups is 1. The van der Waals surface area contributed by atoms with E-state index in [0.29, 0.717) is 10.9 Å². The summed E-state index contributed by atoms with van der Waals surface area (Å²) in [5.74, 6) is 0.707. The van der Waals surface area contributed by atoms with Crippen molar-refractivity contribution >= 4 is 68.4 Å². The van der Waals surface area contributed by atoms with Gasteiger partial charge in [-0.3, -0.25) is 4.31 Å². The normalized spacial score (nSPS) is 22.0. The Labute approximate surface area is 186 Å². The lowest BCUT2D eigenvalue weighted by Crippen LogP contribution is -2.51. The number of amides is 1. The number of anilines is 1. The van der Waals surface area contributed by atoms with Crippen LogP contribution in [0.1, 0.15) is 5.56 Å². The highest BCUT2D eigenvalue weighted by atomic mass is 35.6. The average molecular weight is 472 g/mol. The van der Waals surface area contributed by atoms with Crippen LogP contribution in [0.2, 0.25) is 0 Å². The summed E-state index contributed by atoms with van der Waals surface area (Å²) in [6.45, 7) is 0. The summed E-state index contributed by atoms with van der Waals surface area (Å²) in [7, 11) is 2.08. The van der Waals surface area contributed by atoms with Crippen LogP contribution in [0.15, 0.2) is 65.7 Å². The number of para-hydroxylation sites is 1. The Balaban J connectivity index is 1.91. The number of hydrogen-bond acceptors (Lipinski definition) is 5. The lowest BCUT2D eigenvalue weighted by atomic mass is 10.2. The quantitative estimate of drug-likeness (QED) is 0.464. The molecule has 1 amide bonds. The predicted octanol–water partition coefficient (Wildman–Crippen LogP) is 4.85. The van der Waals surface area contributed by atoms with Gasteiger partial charge >= 0.3 is 6.09 Å². The van der Waals surface area contributed by atoms with E-state index in [0.717, 1.165) is 11.3 Å². The van der Waals surface area contributed by atoms with E-state index in [-0.39, 0.29) is 0 Å². The molecule has 2 aromatic rings. The highest BCUT2D eigenvalue weighted by Gasteiger charge is 2.55. The van der Waals surface area contributed by atoms with Crippen LogP contribution < -0.4 is 4.31 Å². The molecular weight excluding hydrogens is 455 g/mol. The molecule has 2 aliphatic heterocycles. The fourth-order valence-electron chi connectivity index (χ4n) is 3.25. The fraction of sp³-hybridized carbons (Fsp3) is 0.211. The first-order chi connectivity index (χ1) is 13.8. The van der Waals surface area contributed by atoms with Gasteiger partial charge in [0.25, 0.3) is 0 Å². The van der Waals surface area contributed by atoms with Crippen molar-refractivity contribution in [2.75, 3.05) is 18.5 Å². The molecule has 6 nitrogen and oxygen atoms in total. The van der Waals surface area contributed by atoms with Crippen molar-refractivity contribution in [3.05, 3.63) is 66.2 Å². The predicted molar refractivity (Wildman–Crippen MR) is 121 cm³/mol. The van der Waals surface area contributed by atoms with Gasteiger partial charge in [-0.05, 0) is 19.2 Å². The molecule has 10 heteroatoms. The molecule has 2 aliphatic rings. The summed E-state index contributed by atoms with van der Waals surface area (Å²) >= 11 is 18.8. The third kappa shape index (κ3) is 3.51. The van der Waals surface area contributed by atoms with Gasteiger partial charge < -0.3 is 4.74 Å². The fourth-order valence-corrected chi connectivity index (χ4v) is 6.53. The number of ether oxygens (including phenoxy) is 1. The first-order valence-corrected chi connectivity index (χ1v) is 10.9. The van der Waals surface area contributed by atoms with Crippen LogP contribution in [0, 0.1) is 0 Å². The second kappa shape index (κ2) is 7.81.